The SMILES string of the molecule is CNc1nc(-c2cccc(OC(=O)NC(C)(C)C)c2)c2cc(OC)c(OC)cc2n1. The van der Waals surface area contributed by atoms with E-state index in [1.807, 2.05) is 39.0 Å². The van der Waals surface area contributed by atoms with E-state index >= 15 is 0 Å². The van der Waals surface area contributed by atoms with Crippen LogP contribution in [0.2, 0.25) is 0 Å². The summed E-state index contributed by atoms with van der Waals surface area (Å²) in [6, 6.07) is 10.8. The van der Waals surface area contributed by atoms with Gasteiger partial charge in [-0.05, 0) is 39.0 Å². The molecule has 2 N–H and O–H groups in total. The number of carbonyl (C=O) groups excluding carboxylic acids is 1. The van der Waals surface area contributed by atoms with Crippen LogP contribution in [0.4, 0.5) is 10.7 Å². The van der Waals surface area contributed by atoms with Crippen LogP contribution in [0.25, 0.3) is 22.2 Å². The summed E-state index contributed by atoms with van der Waals surface area (Å²) < 4.78 is 16.3. The highest BCUT2D eigenvalue weighted by molar-refractivity contribution is 5.95. The van der Waals surface area contributed by atoms with E-state index in [2.05, 4.69) is 20.6 Å². The number of benzene rings is 2. The molecular formula is C22H26N4O4. The number of carbonyl (C=O) groups is 1. The van der Waals surface area contributed by atoms with Crippen LogP contribution < -0.4 is 24.8 Å². The highest BCUT2D eigenvalue weighted by Gasteiger charge is 2.17. The Morgan fingerprint density at radius 1 is 1.00 bits per heavy atom. The molecule has 0 aliphatic carbocycles. The van der Waals surface area contributed by atoms with E-state index in [4.69, 9.17) is 14.2 Å². The van der Waals surface area contributed by atoms with Gasteiger partial charge in [0.2, 0.25) is 5.95 Å². The number of anilines is 1. The molecule has 2 aromatic carbocycles. The van der Waals surface area contributed by atoms with Crippen molar-refractivity contribution in [1.29, 1.82) is 0 Å². The summed E-state index contributed by atoms with van der Waals surface area (Å²) in [5, 5.41) is 6.53. The molecule has 0 aliphatic rings. The minimum absolute atomic E-state index is 0.394. The minimum atomic E-state index is -0.519. The number of hydrogen-bond acceptors (Lipinski definition) is 7. The zero-order valence-electron chi connectivity index (χ0n) is 18.0. The van der Waals surface area contributed by atoms with Crippen molar-refractivity contribution >= 4 is 22.9 Å². The lowest BCUT2D eigenvalue weighted by molar-refractivity contribution is 0.190. The zero-order chi connectivity index (χ0) is 21.9. The van der Waals surface area contributed by atoms with Crippen molar-refractivity contribution in [2.75, 3.05) is 26.6 Å². The number of nitrogens with one attached hydrogen (secondary N) is 2. The quantitative estimate of drug-likeness (QED) is 0.649. The molecule has 1 amide bonds. The lowest BCUT2D eigenvalue weighted by Crippen LogP contribution is -2.42. The lowest BCUT2D eigenvalue weighted by Gasteiger charge is -2.20. The predicted molar refractivity (Wildman–Crippen MR) is 117 cm³/mol. The Labute approximate surface area is 175 Å². The van der Waals surface area contributed by atoms with Crippen molar-refractivity contribution in [1.82, 2.24) is 15.3 Å². The molecule has 3 aromatic rings. The van der Waals surface area contributed by atoms with E-state index in [1.165, 1.54) is 0 Å². The summed E-state index contributed by atoms with van der Waals surface area (Å²) in [5.74, 6) is 2.02. The fourth-order valence-corrected chi connectivity index (χ4v) is 2.93. The molecule has 1 heterocycles. The Morgan fingerprint density at radius 3 is 2.33 bits per heavy atom. The van der Waals surface area contributed by atoms with Crippen LogP contribution in [0.3, 0.4) is 0 Å². The predicted octanol–water partition coefficient (Wildman–Crippen LogP) is 4.24. The largest absolute Gasteiger partial charge is 0.493 e. The van der Waals surface area contributed by atoms with Gasteiger partial charge in [-0.3, -0.25) is 0 Å². The molecule has 0 radical (unpaired) electrons. The molecule has 0 bridgehead atoms. The number of methoxy groups -OCH3 is 2. The average molecular weight is 410 g/mol. The molecule has 0 fully saturated rings. The highest BCUT2D eigenvalue weighted by atomic mass is 16.6. The van der Waals surface area contributed by atoms with Gasteiger partial charge < -0.3 is 24.8 Å². The van der Waals surface area contributed by atoms with Gasteiger partial charge in [0.05, 0.1) is 25.4 Å². The normalized spacial score (nSPS) is 11.1. The van der Waals surface area contributed by atoms with E-state index < -0.39 is 11.6 Å². The average Bonchev–Trinajstić information content (AvgIpc) is 2.70. The fourth-order valence-electron chi connectivity index (χ4n) is 2.93. The van der Waals surface area contributed by atoms with Gasteiger partial charge in [-0.1, -0.05) is 12.1 Å². The smallest absolute Gasteiger partial charge is 0.413 e. The molecule has 30 heavy (non-hydrogen) atoms. The van der Waals surface area contributed by atoms with Crippen LogP contribution in [0.1, 0.15) is 20.8 Å². The third-order valence-electron chi connectivity index (χ3n) is 4.22. The van der Waals surface area contributed by atoms with Crippen molar-refractivity contribution in [2.45, 2.75) is 26.3 Å². The van der Waals surface area contributed by atoms with Gasteiger partial charge in [-0.15, -0.1) is 0 Å². The van der Waals surface area contributed by atoms with Crippen molar-refractivity contribution in [3.05, 3.63) is 36.4 Å². The summed E-state index contributed by atoms with van der Waals surface area (Å²) in [7, 11) is 4.91. The van der Waals surface area contributed by atoms with Gasteiger partial charge >= 0.3 is 6.09 Å². The molecule has 8 nitrogen and oxygen atoms in total. The lowest BCUT2D eigenvalue weighted by atomic mass is 10.1. The number of fused-ring (bicyclic) bond motifs is 1. The molecule has 3 rings (SSSR count). The maximum Gasteiger partial charge on any atom is 0.413 e. The molecule has 0 unspecified atom stereocenters. The minimum Gasteiger partial charge on any atom is -0.493 e. The van der Waals surface area contributed by atoms with Crippen molar-refractivity contribution in [2.24, 2.45) is 0 Å². The summed E-state index contributed by atoms with van der Waals surface area (Å²) in [5.41, 5.74) is 1.74. The van der Waals surface area contributed by atoms with E-state index in [9.17, 15) is 4.79 Å². The zero-order valence-corrected chi connectivity index (χ0v) is 18.0. The van der Waals surface area contributed by atoms with Gasteiger partial charge in [-0.25, -0.2) is 14.8 Å². The van der Waals surface area contributed by atoms with Crippen LogP contribution in [-0.2, 0) is 0 Å². The molecule has 0 saturated heterocycles. The van der Waals surface area contributed by atoms with Crippen molar-refractivity contribution in [3.63, 3.8) is 0 Å². The number of nitrogens with zero attached hydrogens (tertiary/aromatic N) is 2. The maximum atomic E-state index is 12.1. The molecule has 8 heteroatoms. The number of rotatable bonds is 5. The fraction of sp³-hybridized carbons (Fsp3) is 0.318. The second-order valence-corrected chi connectivity index (χ2v) is 7.66. The van der Waals surface area contributed by atoms with Crippen LogP contribution >= 0.6 is 0 Å². The van der Waals surface area contributed by atoms with Crippen LogP contribution in [0, 0.1) is 0 Å². The van der Waals surface area contributed by atoms with Crippen molar-refractivity contribution < 1.29 is 19.0 Å². The first-order valence-corrected chi connectivity index (χ1v) is 9.46. The first-order valence-electron chi connectivity index (χ1n) is 9.46. The van der Waals surface area contributed by atoms with E-state index in [0.717, 1.165) is 10.9 Å². The summed E-state index contributed by atoms with van der Waals surface area (Å²) >= 11 is 0. The highest BCUT2D eigenvalue weighted by Crippen LogP contribution is 2.36. The number of hydrogen-bond donors (Lipinski definition) is 2. The van der Waals surface area contributed by atoms with Gasteiger partial charge in [0.25, 0.3) is 0 Å². The maximum absolute atomic E-state index is 12.1. The van der Waals surface area contributed by atoms with Crippen LogP contribution in [0.5, 0.6) is 17.2 Å². The Kier molecular flexibility index (Phi) is 5.96. The van der Waals surface area contributed by atoms with Gasteiger partial charge in [0.1, 0.15) is 5.75 Å². The number of aromatic nitrogens is 2. The topological polar surface area (TPSA) is 94.6 Å². The van der Waals surface area contributed by atoms with E-state index in [1.54, 1.807) is 39.5 Å². The molecule has 0 saturated carbocycles. The van der Waals surface area contributed by atoms with Crippen LogP contribution in [0.15, 0.2) is 36.4 Å². The molecule has 1 aromatic heterocycles. The summed E-state index contributed by atoms with van der Waals surface area (Å²) in [4.78, 5) is 21.3. The molecule has 0 atom stereocenters. The van der Waals surface area contributed by atoms with Gasteiger partial charge in [0.15, 0.2) is 11.5 Å². The second-order valence-electron chi connectivity index (χ2n) is 7.66. The molecular weight excluding hydrogens is 384 g/mol. The Bertz CT molecular complexity index is 1080. The van der Waals surface area contributed by atoms with Crippen LogP contribution in [-0.4, -0.2) is 42.9 Å². The first kappa shape index (κ1) is 21.2. The Balaban J connectivity index is 2.08. The molecule has 158 valence electrons. The molecule has 0 aliphatic heterocycles. The standard InChI is InChI=1S/C22H26N4O4/c1-22(2,3)26-21(27)30-14-9-7-8-13(10-14)19-15-11-17(28-5)18(29-6)12-16(15)24-20(23-4)25-19/h7-12H,1-6H3,(H,26,27)(H,23,24,25). The third kappa shape index (κ3) is 4.71. The summed E-state index contributed by atoms with van der Waals surface area (Å²) in [6.45, 7) is 5.66. The number of amides is 1. The Hall–Kier alpha value is -3.55. The van der Waals surface area contributed by atoms with Gasteiger partial charge in [-0.2, -0.15) is 0 Å². The summed E-state index contributed by atoms with van der Waals surface area (Å²) in [6.07, 6.45) is -0.519. The number of ether oxygens (including phenoxy) is 3. The first-order chi connectivity index (χ1) is 14.2. The van der Waals surface area contributed by atoms with E-state index in [-0.39, 0.29) is 0 Å². The van der Waals surface area contributed by atoms with Gasteiger partial charge in [0, 0.05) is 29.6 Å². The third-order valence-corrected chi connectivity index (χ3v) is 4.22. The monoisotopic (exact) mass is 410 g/mol. The van der Waals surface area contributed by atoms with E-state index in [0.29, 0.717) is 34.4 Å². The second kappa shape index (κ2) is 8.44. The Morgan fingerprint density at radius 2 is 1.70 bits per heavy atom. The van der Waals surface area contributed by atoms with Crippen molar-refractivity contribution in [3.8, 4) is 28.5 Å². The molecule has 0 spiro atoms.